The van der Waals surface area contributed by atoms with E-state index in [4.69, 9.17) is 10.5 Å². The molecule has 4 heteroatoms. The van der Waals surface area contributed by atoms with Crippen LogP contribution in [-0.2, 0) is 0 Å². The van der Waals surface area contributed by atoms with Crippen LogP contribution in [0, 0.1) is 0 Å². The van der Waals surface area contributed by atoms with E-state index in [1.807, 2.05) is 24.3 Å². The lowest BCUT2D eigenvalue weighted by atomic mass is 10.1. The maximum atomic E-state index is 5.48. The predicted octanol–water partition coefficient (Wildman–Crippen LogP) is 2.00. The van der Waals surface area contributed by atoms with Crippen molar-refractivity contribution in [2.24, 2.45) is 5.73 Å². The Bertz CT molecular complexity index is 499. The fourth-order valence-electron chi connectivity index (χ4n) is 1.73. The van der Waals surface area contributed by atoms with Crippen LogP contribution in [0.2, 0.25) is 0 Å². The summed E-state index contributed by atoms with van der Waals surface area (Å²) in [5, 5.41) is 4.44. The van der Waals surface area contributed by atoms with Gasteiger partial charge in [0.1, 0.15) is 5.75 Å². The molecule has 2 aromatic rings. The van der Waals surface area contributed by atoms with Crippen molar-refractivity contribution in [1.82, 2.24) is 4.98 Å². The third-order valence-electron chi connectivity index (χ3n) is 2.65. The maximum absolute atomic E-state index is 5.48. The van der Waals surface area contributed by atoms with Gasteiger partial charge in [-0.25, -0.2) is 0 Å². The molecule has 1 heterocycles. The van der Waals surface area contributed by atoms with Gasteiger partial charge in [0, 0.05) is 23.8 Å². The van der Waals surface area contributed by atoms with Crippen molar-refractivity contribution in [1.29, 1.82) is 0 Å². The van der Waals surface area contributed by atoms with Crippen LogP contribution in [0.5, 0.6) is 5.75 Å². The normalized spacial score (nSPS) is 10.5. The van der Waals surface area contributed by atoms with Gasteiger partial charge in [0.25, 0.3) is 0 Å². The average molecular weight is 231 g/mol. The van der Waals surface area contributed by atoms with Crippen molar-refractivity contribution < 1.29 is 4.74 Å². The lowest BCUT2D eigenvalue weighted by Crippen LogP contribution is -2.08. The first kappa shape index (κ1) is 11.7. The molecule has 1 aromatic carbocycles. The molecule has 0 spiro atoms. The molecule has 0 radical (unpaired) electrons. The summed E-state index contributed by atoms with van der Waals surface area (Å²) in [4.78, 5) is 4.33. The summed E-state index contributed by atoms with van der Waals surface area (Å²) in [7, 11) is 1.67. The molecule has 0 bridgehead atoms. The van der Waals surface area contributed by atoms with Crippen LogP contribution in [0.15, 0.2) is 30.5 Å². The quantitative estimate of drug-likeness (QED) is 0.773. The Morgan fingerprint density at radius 2 is 2.24 bits per heavy atom. The van der Waals surface area contributed by atoms with Crippen molar-refractivity contribution >= 4 is 16.6 Å². The first-order valence-electron chi connectivity index (χ1n) is 5.72. The molecule has 3 N–H and O–H groups in total. The number of pyridine rings is 1. The van der Waals surface area contributed by atoms with Crippen LogP contribution in [0.25, 0.3) is 10.9 Å². The Morgan fingerprint density at radius 1 is 1.35 bits per heavy atom. The molecule has 0 aliphatic rings. The van der Waals surface area contributed by atoms with Crippen molar-refractivity contribution in [2.75, 3.05) is 25.5 Å². The summed E-state index contributed by atoms with van der Waals surface area (Å²) >= 11 is 0. The lowest BCUT2D eigenvalue weighted by Gasteiger charge is -2.09. The second-order valence-corrected chi connectivity index (χ2v) is 3.81. The minimum absolute atomic E-state index is 0.694. The number of nitrogens with zero attached hydrogens (tertiary/aromatic N) is 1. The van der Waals surface area contributed by atoms with Crippen LogP contribution >= 0.6 is 0 Å². The van der Waals surface area contributed by atoms with E-state index in [9.17, 15) is 0 Å². The molecule has 17 heavy (non-hydrogen) atoms. The first-order chi connectivity index (χ1) is 8.35. The van der Waals surface area contributed by atoms with Gasteiger partial charge in [0.05, 0.1) is 12.6 Å². The number of rotatable bonds is 5. The van der Waals surface area contributed by atoms with Gasteiger partial charge in [-0.3, -0.25) is 4.98 Å². The number of aromatic nitrogens is 1. The van der Waals surface area contributed by atoms with Crippen LogP contribution in [0.4, 0.5) is 5.69 Å². The monoisotopic (exact) mass is 231 g/mol. The number of benzene rings is 1. The molecule has 1 aromatic heterocycles. The summed E-state index contributed by atoms with van der Waals surface area (Å²) in [5.41, 5.74) is 7.51. The Hall–Kier alpha value is -1.81. The Labute approximate surface area is 101 Å². The Balaban J connectivity index is 2.33. The fraction of sp³-hybridized carbons (Fsp3) is 0.308. The first-order valence-corrected chi connectivity index (χ1v) is 5.72. The van der Waals surface area contributed by atoms with Crippen molar-refractivity contribution in [3.05, 3.63) is 30.5 Å². The van der Waals surface area contributed by atoms with Gasteiger partial charge >= 0.3 is 0 Å². The number of nitrogens with one attached hydrogen (secondary N) is 1. The van der Waals surface area contributed by atoms with E-state index in [-0.39, 0.29) is 0 Å². The molecule has 90 valence electrons. The van der Waals surface area contributed by atoms with E-state index in [0.29, 0.717) is 6.54 Å². The number of nitrogens with two attached hydrogens (primary N) is 1. The highest BCUT2D eigenvalue weighted by Gasteiger charge is 2.02. The zero-order valence-corrected chi connectivity index (χ0v) is 9.94. The Morgan fingerprint density at radius 3 is 3.00 bits per heavy atom. The predicted molar refractivity (Wildman–Crippen MR) is 70.5 cm³/mol. The van der Waals surface area contributed by atoms with Crippen LogP contribution in [0.3, 0.4) is 0 Å². The minimum atomic E-state index is 0.694. The van der Waals surface area contributed by atoms with Gasteiger partial charge in [0.15, 0.2) is 0 Å². The molecular formula is C13H17N3O. The SMILES string of the molecule is COc1ccc2nccc(NCCCN)c2c1. The highest BCUT2D eigenvalue weighted by molar-refractivity contribution is 5.92. The van der Waals surface area contributed by atoms with Gasteiger partial charge in [-0.15, -0.1) is 0 Å². The standard InChI is InChI=1S/C13H17N3O/c1-17-10-3-4-12-11(9-10)13(5-8-16-12)15-7-2-6-14/h3-5,8-9H,2,6-7,14H2,1H3,(H,15,16). The molecule has 0 atom stereocenters. The second-order valence-electron chi connectivity index (χ2n) is 3.81. The summed E-state index contributed by atoms with van der Waals surface area (Å²) in [6.45, 7) is 1.56. The van der Waals surface area contributed by atoms with Crippen LogP contribution in [0.1, 0.15) is 6.42 Å². The summed E-state index contributed by atoms with van der Waals surface area (Å²) < 4.78 is 5.23. The van der Waals surface area contributed by atoms with Crippen molar-refractivity contribution in [3.8, 4) is 5.75 Å². The summed E-state index contributed by atoms with van der Waals surface area (Å²) in [5.74, 6) is 0.840. The minimum Gasteiger partial charge on any atom is -0.497 e. The lowest BCUT2D eigenvalue weighted by molar-refractivity contribution is 0.415. The smallest absolute Gasteiger partial charge is 0.119 e. The second kappa shape index (κ2) is 5.50. The highest BCUT2D eigenvalue weighted by atomic mass is 16.5. The third kappa shape index (κ3) is 2.65. The van der Waals surface area contributed by atoms with E-state index in [1.54, 1.807) is 13.3 Å². The van der Waals surface area contributed by atoms with Gasteiger partial charge in [-0.05, 0) is 37.2 Å². The summed E-state index contributed by atoms with van der Waals surface area (Å²) in [6.07, 6.45) is 2.76. The van der Waals surface area contributed by atoms with Gasteiger partial charge < -0.3 is 15.8 Å². The van der Waals surface area contributed by atoms with E-state index in [0.717, 1.165) is 35.3 Å². The van der Waals surface area contributed by atoms with Crippen molar-refractivity contribution in [3.63, 3.8) is 0 Å². The number of anilines is 1. The van der Waals surface area contributed by atoms with Gasteiger partial charge in [0.2, 0.25) is 0 Å². The zero-order chi connectivity index (χ0) is 12.1. The number of hydrogen-bond acceptors (Lipinski definition) is 4. The molecule has 0 fully saturated rings. The number of methoxy groups -OCH3 is 1. The molecule has 0 amide bonds. The fourth-order valence-corrected chi connectivity index (χ4v) is 1.73. The van der Waals surface area contributed by atoms with E-state index >= 15 is 0 Å². The van der Waals surface area contributed by atoms with Crippen LogP contribution in [-0.4, -0.2) is 25.2 Å². The molecule has 4 nitrogen and oxygen atoms in total. The van der Waals surface area contributed by atoms with E-state index in [2.05, 4.69) is 10.3 Å². The van der Waals surface area contributed by atoms with Gasteiger partial charge in [-0.1, -0.05) is 0 Å². The van der Waals surface area contributed by atoms with Gasteiger partial charge in [-0.2, -0.15) is 0 Å². The summed E-state index contributed by atoms with van der Waals surface area (Å²) in [6, 6.07) is 7.84. The molecule has 0 aliphatic carbocycles. The average Bonchev–Trinajstić information content (AvgIpc) is 2.39. The third-order valence-corrected chi connectivity index (χ3v) is 2.65. The topological polar surface area (TPSA) is 60.2 Å². The molecule has 0 saturated heterocycles. The number of ether oxygens (including phenoxy) is 1. The number of fused-ring (bicyclic) bond motifs is 1. The molecule has 2 rings (SSSR count). The van der Waals surface area contributed by atoms with E-state index in [1.165, 1.54) is 0 Å². The zero-order valence-electron chi connectivity index (χ0n) is 9.94. The van der Waals surface area contributed by atoms with Crippen LogP contribution < -0.4 is 15.8 Å². The Kier molecular flexibility index (Phi) is 3.77. The largest absolute Gasteiger partial charge is 0.497 e. The van der Waals surface area contributed by atoms with Crippen molar-refractivity contribution in [2.45, 2.75) is 6.42 Å². The molecule has 0 saturated carbocycles. The molecule has 0 aliphatic heterocycles. The molecular weight excluding hydrogens is 214 g/mol. The maximum Gasteiger partial charge on any atom is 0.119 e. The molecule has 0 unspecified atom stereocenters. The number of hydrogen-bond donors (Lipinski definition) is 2. The van der Waals surface area contributed by atoms with E-state index < -0.39 is 0 Å². The highest BCUT2D eigenvalue weighted by Crippen LogP contribution is 2.25.